The first-order chi connectivity index (χ1) is 9.55. The maximum absolute atomic E-state index is 6.21. The Morgan fingerprint density at radius 2 is 1.95 bits per heavy atom. The number of hydrogen-bond donors (Lipinski definition) is 1. The fourth-order valence-electron chi connectivity index (χ4n) is 3.69. The lowest BCUT2D eigenvalue weighted by Gasteiger charge is -2.40. The minimum Gasteiger partial charge on any atom is -0.366 e. The molecule has 2 fully saturated rings. The summed E-state index contributed by atoms with van der Waals surface area (Å²) in [5, 5.41) is 0. The number of hydrogen-bond acceptors (Lipinski definition) is 3. The smallest absolute Gasteiger partial charge is 0.0662 e. The summed E-state index contributed by atoms with van der Waals surface area (Å²) < 4.78 is 0. The van der Waals surface area contributed by atoms with Crippen molar-refractivity contribution in [3.05, 3.63) is 29.8 Å². The minimum atomic E-state index is 0.0945. The quantitative estimate of drug-likeness (QED) is 0.914. The number of likely N-dealkylation sites (N-methyl/N-ethyl adjacent to an activating group) is 1. The molecule has 1 saturated heterocycles. The zero-order valence-corrected chi connectivity index (χ0v) is 13.0. The van der Waals surface area contributed by atoms with Gasteiger partial charge in [0.2, 0.25) is 0 Å². The van der Waals surface area contributed by atoms with Gasteiger partial charge in [-0.1, -0.05) is 17.7 Å². The van der Waals surface area contributed by atoms with Crippen LogP contribution in [0.2, 0.25) is 0 Å². The Labute approximate surface area is 122 Å². The van der Waals surface area contributed by atoms with Crippen LogP contribution >= 0.6 is 0 Å². The van der Waals surface area contributed by atoms with E-state index in [9.17, 15) is 0 Å². The van der Waals surface area contributed by atoms with E-state index in [1.165, 1.54) is 30.5 Å². The highest BCUT2D eigenvalue weighted by Gasteiger charge is 2.48. The van der Waals surface area contributed by atoms with E-state index in [-0.39, 0.29) is 5.54 Å². The summed E-state index contributed by atoms with van der Waals surface area (Å²) in [6.45, 7) is 6.33. The van der Waals surface area contributed by atoms with Crippen molar-refractivity contribution in [3.8, 4) is 0 Å². The van der Waals surface area contributed by atoms with Crippen molar-refractivity contribution in [2.24, 2.45) is 5.73 Å². The van der Waals surface area contributed by atoms with E-state index in [2.05, 4.69) is 55.0 Å². The number of nitrogens with zero attached hydrogens (tertiary/aromatic N) is 2. The summed E-state index contributed by atoms with van der Waals surface area (Å²) >= 11 is 0. The lowest BCUT2D eigenvalue weighted by Crippen LogP contribution is -2.54. The van der Waals surface area contributed by atoms with E-state index in [0.29, 0.717) is 6.04 Å². The van der Waals surface area contributed by atoms with Crippen molar-refractivity contribution in [2.45, 2.75) is 50.7 Å². The monoisotopic (exact) mass is 273 g/mol. The average Bonchev–Trinajstić information content (AvgIpc) is 3.23. The fraction of sp³-hybridized carbons (Fsp3) is 0.647. The zero-order valence-electron chi connectivity index (χ0n) is 13.0. The second-order valence-corrected chi connectivity index (χ2v) is 6.78. The highest BCUT2D eigenvalue weighted by atomic mass is 15.3. The van der Waals surface area contributed by atoms with Gasteiger partial charge in [-0.3, -0.25) is 4.90 Å². The van der Waals surface area contributed by atoms with Gasteiger partial charge >= 0.3 is 0 Å². The maximum Gasteiger partial charge on any atom is 0.0662 e. The Kier molecular flexibility index (Phi) is 3.51. The Bertz CT molecular complexity index is 466. The molecule has 1 aliphatic heterocycles. The summed E-state index contributed by atoms with van der Waals surface area (Å²) in [6, 6.07) is 10.3. The zero-order chi connectivity index (χ0) is 14.3. The van der Waals surface area contributed by atoms with Crippen LogP contribution in [0.4, 0.5) is 5.69 Å². The second kappa shape index (κ2) is 5.05. The molecule has 1 aromatic carbocycles. The summed E-state index contributed by atoms with van der Waals surface area (Å²) in [7, 11) is 2.21. The molecule has 1 aromatic rings. The summed E-state index contributed by atoms with van der Waals surface area (Å²) in [5.41, 5.74) is 8.90. The molecule has 1 heterocycles. The first-order valence-corrected chi connectivity index (χ1v) is 7.82. The van der Waals surface area contributed by atoms with Crippen LogP contribution in [0.5, 0.6) is 0 Å². The van der Waals surface area contributed by atoms with Gasteiger partial charge in [0.15, 0.2) is 0 Å². The van der Waals surface area contributed by atoms with Crippen molar-refractivity contribution in [1.29, 1.82) is 0 Å². The first-order valence-electron chi connectivity index (χ1n) is 7.82. The SMILES string of the molecule is Cc1ccc(N(C)C2(CN)CC(C)N(C3CC3)C2)cc1. The third kappa shape index (κ3) is 2.33. The van der Waals surface area contributed by atoms with Crippen LogP contribution in [0.25, 0.3) is 0 Å². The van der Waals surface area contributed by atoms with Gasteiger partial charge in [0.05, 0.1) is 5.54 Å². The molecule has 110 valence electrons. The maximum atomic E-state index is 6.21. The molecule has 2 N–H and O–H groups in total. The second-order valence-electron chi connectivity index (χ2n) is 6.78. The van der Waals surface area contributed by atoms with E-state index in [1.54, 1.807) is 0 Å². The highest BCUT2D eigenvalue weighted by Crippen LogP contribution is 2.40. The molecule has 1 saturated carbocycles. The molecule has 20 heavy (non-hydrogen) atoms. The number of benzene rings is 1. The highest BCUT2D eigenvalue weighted by molar-refractivity contribution is 5.50. The Hall–Kier alpha value is -1.06. The number of aryl methyl sites for hydroxylation is 1. The third-order valence-corrected chi connectivity index (χ3v) is 5.25. The van der Waals surface area contributed by atoms with Gasteiger partial charge < -0.3 is 10.6 Å². The van der Waals surface area contributed by atoms with E-state index in [4.69, 9.17) is 5.73 Å². The van der Waals surface area contributed by atoms with E-state index >= 15 is 0 Å². The fourth-order valence-corrected chi connectivity index (χ4v) is 3.69. The van der Waals surface area contributed by atoms with Crippen LogP contribution in [0, 0.1) is 6.92 Å². The molecule has 2 atom stereocenters. The Morgan fingerprint density at radius 1 is 1.30 bits per heavy atom. The molecule has 0 radical (unpaired) electrons. The molecule has 2 aliphatic rings. The van der Waals surface area contributed by atoms with Gasteiger partial charge in [0.1, 0.15) is 0 Å². The van der Waals surface area contributed by atoms with Gasteiger partial charge in [-0.2, -0.15) is 0 Å². The first kappa shape index (κ1) is 13.9. The summed E-state index contributed by atoms with van der Waals surface area (Å²) in [4.78, 5) is 5.10. The van der Waals surface area contributed by atoms with Gasteiger partial charge in [-0.05, 0) is 45.2 Å². The van der Waals surface area contributed by atoms with Gasteiger partial charge in [-0.15, -0.1) is 0 Å². The standard InChI is InChI=1S/C17H27N3/c1-13-4-6-15(7-5-13)19(3)17(11-18)10-14(2)20(12-17)16-8-9-16/h4-7,14,16H,8-12,18H2,1-3H3. The molecule has 3 heteroatoms. The van der Waals surface area contributed by atoms with E-state index in [0.717, 1.165) is 19.1 Å². The predicted molar refractivity (Wildman–Crippen MR) is 85.2 cm³/mol. The van der Waals surface area contributed by atoms with Crippen molar-refractivity contribution in [3.63, 3.8) is 0 Å². The van der Waals surface area contributed by atoms with Gasteiger partial charge in [-0.25, -0.2) is 0 Å². The average molecular weight is 273 g/mol. The molecule has 0 amide bonds. The van der Waals surface area contributed by atoms with Crippen LogP contribution in [0.3, 0.4) is 0 Å². The van der Waals surface area contributed by atoms with Crippen molar-refractivity contribution >= 4 is 5.69 Å². The van der Waals surface area contributed by atoms with Crippen molar-refractivity contribution in [2.75, 3.05) is 25.0 Å². The minimum absolute atomic E-state index is 0.0945. The molecule has 3 nitrogen and oxygen atoms in total. The largest absolute Gasteiger partial charge is 0.366 e. The van der Waals surface area contributed by atoms with E-state index in [1.807, 2.05) is 0 Å². The van der Waals surface area contributed by atoms with Crippen LogP contribution in [-0.2, 0) is 0 Å². The number of rotatable bonds is 4. The lowest BCUT2D eigenvalue weighted by atomic mass is 9.93. The number of likely N-dealkylation sites (tertiary alicyclic amines) is 1. The third-order valence-electron chi connectivity index (χ3n) is 5.25. The molecule has 0 spiro atoms. The normalized spacial score (nSPS) is 30.7. The summed E-state index contributed by atoms with van der Waals surface area (Å²) in [5.74, 6) is 0. The van der Waals surface area contributed by atoms with Crippen molar-refractivity contribution < 1.29 is 0 Å². The molecule has 0 bridgehead atoms. The van der Waals surface area contributed by atoms with Crippen LogP contribution in [0.15, 0.2) is 24.3 Å². The predicted octanol–water partition coefficient (Wildman–Crippen LogP) is 2.39. The van der Waals surface area contributed by atoms with E-state index < -0.39 is 0 Å². The molecule has 0 aromatic heterocycles. The lowest BCUT2D eigenvalue weighted by molar-refractivity contribution is 0.249. The molecule has 1 aliphatic carbocycles. The molecular weight excluding hydrogens is 246 g/mol. The Morgan fingerprint density at radius 3 is 2.50 bits per heavy atom. The van der Waals surface area contributed by atoms with Crippen LogP contribution < -0.4 is 10.6 Å². The topological polar surface area (TPSA) is 32.5 Å². The Balaban J connectivity index is 1.83. The molecule has 2 unspecified atom stereocenters. The molecular formula is C17H27N3. The van der Waals surface area contributed by atoms with Gasteiger partial charge in [0.25, 0.3) is 0 Å². The van der Waals surface area contributed by atoms with Crippen LogP contribution in [-0.4, -0.2) is 42.7 Å². The van der Waals surface area contributed by atoms with Crippen LogP contribution in [0.1, 0.15) is 31.7 Å². The molecule has 3 rings (SSSR count). The van der Waals surface area contributed by atoms with Gasteiger partial charge in [0, 0.05) is 37.9 Å². The number of anilines is 1. The number of nitrogens with two attached hydrogens (primary N) is 1. The summed E-state index contributed by atoms with van der Waals surface area (Å²) in [6.07, 6.45) is 3.92. The van der Waals surface area contributed by atoms with Crippen molar-refractivity contribution in [1.82, 2.24) is 4.90 Å².